The summed E-state index contributed by atoms with van der Waals surface area (Å²) in [6, 6.07) is 12.0. The van der Waals surface area contributed by atoms with Crippen molar-refractivity contribution in [3.05, 3.63) is 57.5 Å². The van der Waals surface area contributed by atoms with E-state index in [2.05, 4.69) is 31.8 Å². The lowest BCUT2D eigenvalue weighted by molar-refractivity contribution is -0.126. The fourth-order valence-corrected chi connectivity index (χ4v) is 2.45. The summed E-state index contributed by atoms with van der Waals surface area (Å²) in [7, 11) is 1.54. The minimum absolute atomic E-state index is 0.360. The van der Waals surface area contributed by atoms with Gasteiger partial charge in [0, 0.05) is 20.7 Å². The summed E-state index contributed by atoms with van der Waals surface area (Å²) < 4.78 is 6.08. The van der Waals surface area contributed by atoms with Crippen LogP contribution >= 0.6 is 27.5 Å². The number of anilines is 1. The Hall–Kier alpha value is -2.38. The van der Waals surface area contributed by atoms with Crippen molar-refractivity contribution < 1.29 is 14.3 Å². The maximum Gasteiger partial charge on any atom is 0.249 e. The Kier molecular flexibility index (Phi) is 6.97. The number of halogens is 2. The topological polar surface area (TPSA) is 79.8 Å². The summed E-state index contributed by atoms with van der Waals surface area (Å²) in [5.41, 5.74) is 3.51. The number of carbonyl (C=O) groups is 2. The van der Waals surface area contributed by atoms with E-state index in [1.54, 1.807) is 36.4 Å². The van der Waals surface area contributed by atoms with Crippen LogP contribution in [0, 0.1) is 0 Å². The standard InChI is InChI=1S/C17H15BrClN3O3/c1-25-15-7-12(18)6-5-11(15)10-20-22-17(24)9-16(23)21-14-4-2-3-13(19)8-14/h2-8,10H,9H2,1H3,(H,21,23)(H,22,24)/b20-10+. The molecule has 6 nitrogen and oxygen atoms in total. The first-order valence-electron chi connectivity index (χ1n) is 7.19. The van der Waals surface area contributed by atoms with E-state index in [4.69, 9.17) is 16.3 Å². The van der Waals surface area contributed by atoms with Crippen molar-refractivity contribution >= 4 is 51.2 Å². The Labute approximate surface area is 158 Å². The molecule has 0 saturated heterocycles. The SMILES string of the molecule is COc1cc(Br)ccc1/C=N/NC(=O)CC(=O)Nc1cccc(Cl)c1. The Morgan fingerprint density at radius 1 is 1.24 bits per heavy atom. The molecule has 8 heteroatoms. The Morgan fingerprint density at radius 2 is 2.04 bits per heavy atom. The second kappa shape index (κ2) is 9.19. The molecule has 0 bridgehead atoms. The van der Waals surface area contributed by atoms with Crippen LogP contribution in [0.5, 0.6) is 5.75 Å². The fraction of sp³-hybridized carbons (Fsp3) is 0.118. The average molecular weight is 425 g/mol. The average Bonchev–Trinajstić information content (AvgIpc) is 2.55. The number of methoxy groups -OCH3 is 1. The molecule has 0 heterocycles. The first-order valence-corrected chi connectivity index (χ1v) is 8.36. The molecule has 0 fully saturated rings. The van der Waals surface area contributed by atoms with E-state index in [0.29, 0.717) is 22.0 Å². The number of hydrazone groups is 1. The smallest absolute Gasteiger partial charge is 0.249 e. The number of hydrogen-bond donors (Lipinski definition) is 2. The van der Waals surface area contributed by atoms with Crippen LogP contribution in [0.1, 0.15) is 12.0 Å². The molecule has 0 spiro atoms. The third-order valence-corrected chi connectivity index (χ3v) is 3.75. The fourth-order valence-electron chi connectivity index (χ4n) is 1.92. The number of nitrogens with zero attached hydrogens (tertiary/aromatic N) is 1. The molecule has 0 aromatic heterocycles. The van der Waals surface area contributed by atoms with E-state index in [1.807, 2.05) is 6.07 Å². The van der Waals surface area contributed by atoms with Crippen molar-refractivity contribution in [1.29, 1.82) is 0 Å². The van der Waals surface area contributed by atoms with Gasteiger partial charge in [0.2, 0.25) is 11.8 Å². The number of hydrogen-bond acceptors (Lipinski definition) is 4. The van der Waals surface area contributed by atoms with Crippen LogP contribution in [0.3, 0.4) is 0 Å². The van der Waals surface area contributed by atoms with Crippen molar-refractivity contribution in [1.82, 2.24) is 5.43 Å². The molecule has 2 aromatic carbocycles. The van der Waals surface area contributed by atoms with Gasteiger partial charge in [-0.25, -0.2) is 5.43 Å². The number of nitrogens with one attached hydrogen (secondary N) is 2. The largest absolute Gasteiger partial charge is 0.496 e. The van der Waals surface area contributed by atoms with E-state index < -0.39 is 11.8 Å². The first-order chi connectivity index (χ1) is 12.0. The first kappa shape index (κ1) is 19.0. The highest BCUT2D eigenvalue weighted by Gasteiger charge is 2.09. The maximum absolute atomic E-state index is 11.8. The van der Waals surface area contributed by atoms with Gasteiger partial charge in [-0.3, -0.25) is 9.59 Å². The van der Waals surface area contributed by atoms with Crippen molar-refractivity contribution in [3.63, 3.8) is 0 Å². The van der Waals surface area contributed by atoms with Crippen LogP contribution in [-0.4, -0.2) is 25.1 Å². The minimum Gasteiger partial charge on any atom is -0.496 e. The summed E-state index contributed by atoms with van der Waals surface area (Å²) in [5, 5.41) is 6.91. The molecule has 0 radical (unpaired) electrons. The highest BCUT2D eigenvalue weighted by Crippen LogP contribution is 2.21. The second-order valence-corrected chi connectivity index (χ2v) is 6.27. The van der Waals surface area contributed by atoms with Crippen LogP contribution in [0.25, 0.3) is 0 Å². The number of rotatable bonds is 6. The lowest BCUT2D eigenvalue weighted by Gasteiger charge is -2.06. The molecule has 130 valence electrons. The number of amides is 2. The number of benzene rings is 2. The summed E-state index contributed by atoms with van der Waals surface area (Å²) in [5.74, 6) is -0.394. The highest BCUT2D eigenvalue weighted by atomic mass is 79.9. The summed E-state index contributed by atoms with van der Waals surface area (Å²) in [6.07, 6.45) is 1.08. The highest BCUT2D eigenvalue weighted by molar-refractivity contribution is 9.10. The van der Waals surface area contributed by atoms with Gasteiger partial charge in [-0.2, -0.15) is 5.10 Å². The molecule has 0 aliphatic carbocycles. The third-order valence-electron chi connectivity index (χ3n) is 3.02. The van der Waals surface area contributed by atoms with Crippen LogP contribution in [0.2, 0.25) is 5.02 Å². The molecule has 25 heavy (non-hydrogen) atoms. The van der Waals surface area contributed by atoms with Gasteiger partial charge < -0.3 is 10.1 Å². The molecule has 2 amide bonds. The third kappa shape index (κ3) is 6.21. The Bertz CT molecular complexity index is 811. The summed E-state index contributed by atoms with van der Waals surface area (Å²) in [6.45, 7) is 0. The van der Waals surface area contributed by atoms with Gasteiger partial charge in [0.1, 0.15) is 12.2 Å². The maximum atomic E-state index is 11.8. The van der Waals surface area contributed by atoms with Crippen molar-refractivity contribution in [3.8, 4) is 5.75 Å². The predicted octanol–water partition coefficient (Wildman–Crippen LogP) is 3.59. The Morgan fingerprint density at radius 3 is 2.76 bits per heavy atom. The van der Waals surface area contributed by atoms with Crippen molar-refractivity contribution in [2.45, 2.75) is 6.42 Å². The quantitative estimate of drug-likeness (QED) is 0.422. The molecule has 2 aromatic rings. The van der Waals surface area contributed by atoms with Gasteiger partial charge in [-0.15, -0.1) is 0 Å². The monoisotopic (exact) mass is 423 g/mol. The minimum atomic E-state index is -0.535. The summed E-state index contributed by atoms with van der Waals surface area (Å²) in [4.78, 5) is 23.6. The molecular weight excluding hydrogens is 410 g/mol. The van der Waals surface area contributed by atoms with Gasteiger partial charge in [0.05, 0.1) is 13.3 Å². The molecule has 2 rings (SSSR count). The molecule has 0 saturated carbocycles. The second-order valence-electron chi connectivity index (χ2n) is 4.91. The van der Waals surface area contributed by atoms with Crippen molar-refractivity contribution in [2.24, 2.45) is 5.10 Å². The van der Waals surface area contributed by atoms with Gasteiger partial charge in [-0.1, -0.05) is 33.6 Å². The molecule has 0 atom stereocenters. The van der Waals surface area contributed by atoms with E-state index in [-0.39, 0.29) is 6.42 Å². The zero-order valence-electron chi connectivity index (χ0n) is 13.3. The van der Waals surface area contributed by atoms with E-state index in [0.717, 1.165) is 4.47 Å². The normalized spacial score (nSPS) is 10.5. The van der Waals surface area contributed by atoms with Crippen LogP contribution in [0.15, 0.2) is 52.0 Å². The lowest BCUT2D eigenvalue weighted by Crippen LogP contribution is -2.24. The van der Waals surface area contributed by atoms with E-state index >= 15 is 0 Å². The molecule has 0 aliphatic rings. The van der Waals surface area contributed by atoms with Crippen LogP contribution in [0.4, 0.5) is 5.69 Å². The lowest BCUT2D eigenvalue weighted by atomic mass is 10.2. The van der Waals surface area contributed by atoms with Gasteiger partial charge >= 0.3 is 0 Å². The van der Waals surface area contributed by atoms with Crippen LogP contribution < -0.4 is 15.5 Å². The van der Waals surface area contributed by atoms with E-state index in [1.165, 1.54) is 13.3 Å². The molecule has 0 unspecified atom stereocenters. The van der Waals surface area contributed by atoms with Gasteiger partial charge in [0.15, 0.2) is 0 Å². The zero-order chi connectivity index (χ0) is 18.2. The molecular formula is C17H15BrClN3O3. The van der Waals surface area contributed by atoms with Gasteiger partial charge in [-0.05, 0) is 36.4 Å². The van der Waals surface area contributed by atoms with E-state index in [9.17, 15) is 9.59 Å². The molecule has 2 N–H and O–H groups in total. The van der Waals surface area contributed by atoms with Crippen molar-refractivity contribution in [2.75, 3.05) is 12.4 Å². The van der Waals surface area contributed by atoms with Gasteiger partial charge in [0.25, 0.3) is 0 Å². The zero-order valence-corrected chi connectivity index (χ0v) is 15.6. The molecule has 0 aliphatic heterocycles. The number of carbonyl (C=O) groups excluding carboxylic acids is 2. The number of ether oxygens (including phenoxy) is 1. The van der Waals surface area contributed by atoms with Crippen LogP contribution in [-0.2, 0) is 9.59 Å². The summed E-state index contributed by atoms with van der Waals surface area (Å²) >= 11 is 9.17. The Balaban J connectivity index is 1.87. The predicted molar refractivity (Wildman–Crippen MR) is 101 cm³/mol.